The van der Waals surface area contributed by atoms with Crippen LogP contribution in [0, 0.1) is 0 Å². The van der Waals surface area contributed by atoms with Gasteiger partial charge < -0.3 is 5.73 Å². The van der Waals surface area contributed by atoms with Gasteiger partial charge in [-0.25, -0.2) is 0 Å². The number of hydrogen-bond acceptors (Lipinski definition) is 1. The van der Waals surface area contributed by atoms with E-state index in [0.29, 0.717) is 0 Å². The predicted molar refractivity (Wildman–Crippen MR) is 33.8 cm³/mol. The third-order valence-corrected chi connectivity index (χ3v) is 1.75. The van der Waals surface area contributed by atoms with Gasteiger partial charge in [-0.15, -0.1) is 23.2 Å². The van der Waals surface area contributed by atoms with Crippen LogP contribution in [0.15, 0.2) is 0 Å². The van der Waals surface area contributed by atoms with Gasteiger partial charge in [0.25, 0.3) is 0 Å². The first-order chi connectivity index (χ1) is 3.18. The molecule has 0 radical (unpaired) electrons. The van der Waals surface area contributed by atoms with Crippen LogP contribution in [0.3, 0.4) is 0 Å². The Morgan fingerprint density at radius 1 is 1.57 bits per heavy atom. The molecule has 0 spiro atoms. The largest absolute Gasteiger partial charge is 0.314 e. The molecule has 2 unspecified atom stereocenters. The van der Waals surface area contributed by atoms with Crippen LogP contribution in [0.1, 0.15) is 13.3 Å². The lowest BCUT2D eigenvalue weighted by atomic mass is 10.3. The van der Waals surface area contributed by atoms with E-state index in [9.17, 15) is 0 Å². The van der Waals surface area contributed by atoms with Crippen LogP contribution in [-0.2, 0) is 0 Å². The number of alkyl halides is 2. The molecule has 2 N–H and O–H groups in total. The maximum Gasteiger partial charge on any atom is 0.0965 e. The number of hydrogen-bond donors (Lipinski definition) is 1. The summed E-state index contributed by atoms with van der Waals surface area (Å²) in [6.45, 7) is 1.94. The maximum atomic E-state index is 5.54. The van der Waals surface area contributed by atoms with Crippen LogP contribution in [-0.4, -0.2) is 10.9 Å². The van der Waals surface area contributed by atoms with Crippen LogP contribution in [0.2, 0.25) is 0 Å². The van der Waals surface area contributed by atoms with E-state index in [2.05, 4.69) is 0 Å². The highest BCUT2D eigenvalue weighted by Crippen LogP contribution is 2.07. The minimum absolute atomic E-state index is 0.0818. The highest BCUT2D eigenvalue weighted by Gasteiger charge is 2.06. The number of rotatable bonds is 2. The lowest BCUT2D eigenvalue weighted by molar-refractivity contribution is 0.766. The molecule has 2 atom stereocenters. The molecule has 3 heteroatoms. The number of halogens is 2. The zero-order valence-electron chi connectivity index (χ0n) is 4.20. The molecule has 0 aliphatic heterocycles. The fourth-order valence-corrected chi connectivity index (χ4v) is 0.403. The van der Waals surface area contributed by atoms with Gasteiger partial charge in [0, 0.05) is 0 Å². The van der Waals surface area contributed by atoms with Gasteiger partial charge in [-0.2, -0.15) is 0 Å². The summed E-state index contributed by atoms with van der Waals surface area (Å²) in [4.78, 5) is 0. The predicted octanol–water partition coefficient (Wildman–Crippen LogP) is 1.53. The standard InChI is InChI=1S/C4H9Cl2N/c1-2-3(5)4(6)7/h3-4H,2,7H2,1H3. The Balaban J connectivity index is 3.14. The Kier molecular flexibility index (Phi) is 3.80. The van der Waals surface area contributed by atoms with Crippen molar-refractivity contribution in [2.45, 2.75) is 24.2 Å². The molecule has 0 aromatic rings. The minimum atomic E-state index is -0.397. The molecule has 0 aromatic carbocycles. The van der Waals surface area contributed by atoms with Gasteiger partial charge in [-0.05, 0) is 6.42 Å². The van der Waals surface area contributed by atoms with Crippen molar-refractivity contribution in [1.29, 1.82) is 0 Å². The van der Waals surface area contributed by atoms with Crippen LogP contribution in [0.4, 0.5) is 0 Å². The first-order valence-corrected chi connectivity index (χ1v) is 3.09. The molecular weight excluding hydrogens is 133 g/mol. The molecule has 1 nitrogen and oxygen atoms in total. The third-order valence-electron chi connectivity index (χ3n) is 0.736. The van der Waals surface area contributed by atoms with Gasteiger partial charge in [-0.1, -0.05) is 6.92 Å². The van der Waals surface area contributed by atoms with Gasteiger partial charge in [0.15, 0.2) is 0 Å². The van der Waals surface area contributed by atoms with Crippen molar-refractivity contribution < 1.29 is 0 Å². The van der Waals surface area contributed by atoms with Gasteiger partial charge >= 0.3 is 0 Å². The summed E-state index contributed by atoms with van der Waals surface area (Å²) < 4.78 is 0. The first-order valence-electron chi connectivity index (χ1n) is 2.22. The van der Waals surface area contributed by atoms with Gasteiger partial charge in [0.05, 0.1) is 10.9 Å². The monoisotopic (exact) mass is 141 g/mol. The molecule has 0 fully saturated rings. The lowest BCUT2D eigenvalue weighted by Crippen LogP contribution is -2.23. The average molecular weight is 142 g/mol. The molecule has 0 rings (SSSR count). The molecule has 0 amide bonds. The second-order valence-corrected chi connectivity index (χ2v) is 2.43. The van der Waals surface area contributed by atoms with E-state index in [-0.39, 0.29) is 5.38 Å². The summed E-state index contributed by atoms with van der Waals surface area (Å²) in [5, 5.41) is -0.0818. The van der Waals surface area contributed by atoms with Crippen LogP contribution in [0.5, 0.6) is 0 Å². The molecule has 44 valence electrons. The fourth-order valence-electron chi connectivity index (χ4n) is 0.225. The highest BCUT2D eigenvalue weighted by molar-refractivity contribution is 6.29. The zero-order chi connectivity index (χ0) is 5.86. The average Bonchev–Trinajstić information content (AvgIpc) is 1.65. The SMILES string of the molecule is CCC(Cl)C(N)Cl. The van der Waals surface area contributed by atoms with Crippen molar-refractivity contribution in [1.82, 2.24) is 0 Å². The summed E-state index contributed by atoms with van der Waals surface area (Å²) in [5.41, 5.74) is 4.78. The molecule has 0 saturated heterocycles. The summed E-state index contributed by atoms with van der Waals surface area (Å²) in [7, 11) is 0. The molecule has 0 bridgehead atoms. The van der Waals surface area contributed by atoms with Gasteiger partial charge in [-0.3, -0.25) is 0 Å². The molecule has 0 heterocycles. The fraction of sp³-hybridized carbons (Fsp3) is 1.00. The zero-order valence-corrected chi connectivity index (χ0v) is 5.71. The van der Waals surface area contributed by atoms with E-state index < -0.39 is 5.50 Å². The van der Waals surface area contributed by atoms with E-state index >= 15 is 0 Å². The van der Waals surface area contributed by atoms with Crippen LogP contribution >= 0.6 is 23.2 Å². The van der Waals surface area contributed by atoms with Crippen molar-refractivity contribution in [2.75, 3.05) is 0 Å². The van der Waals surface area contributed by atoms with E-state index in [1.165, 1.54) is 0 Å². The smallest absolute Gasteiger partial charge is 0.0965 e. The normalized spacial score (nSPS) is 18.9. The van der Waals surface area contributed by atoms with Crippen molar-refractivity contribution in [2.24, 2.45) is 5.73 Å². The van der Waals surface area contributed by atoms with E-state index in [0.717, 1.165) is 6.42 Å². The summed E-state index contributed by atoms with van der Waals surface area (Å²) >= 11 is 10.9. The Hall–Kier alpha value is 0.540. The van der Waals surface area contributed by atoms with Crippen LogP contribution in [0.25, 0.3) is 0 Å². The Morgan fingerprint density at radius 2 is 2.00 bits per heavy atom. The minimum Gasteiger partial charge on any atom is -0.314 e. The first kappa shape index (κ1) is 7.54. The molecule has 0 saturated carbocycles. The third kappa shape index (κ3) is 3.15. The molecule has 0 aliphatic rings. The molecular formula is C4H9Cl2N. The topological polar surface area (TPSA) is 26.0 Å². The Morgan fingerprint density at radius 3 is 2.00 bits per heavy atom. The molecule has 0 aromatic heterocycles. The Bertz CT molecular complexity index is 47.0. The van der Waals surface area contributed by atoms with Crippen molar-refractivity contribution in [3.8, 4) is 0 Å². The van der Waals surface area contributed by atoms with E-state index in [1.807, 2.05) is 6.92 Å². The van der Waals surface area contributed by atoms with Crippen molar-refractivity contribution in [3.05, 3.63) is 0 Å². The second kappa shape index (κ2) is 3.53. The Labute approximate surface area is 53.8 Å². The summed E-state index contributed by atoms with van der Waals surface area (Å²) in [5.74, 6) is 0. The number of nitrogens with two attached hydrogens (primary N) is 1. The van der Waals surface area contributed by atoms with Crippen molar-refractivity contribution in [3.63, 3.8) is 0 Å². The highest BCUT2D eigenvalue weighted by atomic mass is 35.5. The van der Waals surface area contributed by atoms with E-state index in [4.69, 9.17) is 28.9 Å². The summed E-state index contributed by atoms with van der Waals surface area (Å²) in [6.07, 6.45) is 0.826. The lowest BCUT2D eigenvalue weighted by Gasteiger charge is -2.05. The van der Waals surface area contributed by atoms with Crippen LogP contribution < -0.4 is 5.73 Å². The van der Waals surface area contributed by atoms with Gasteiger partial charge in [0.1, 0.15) is 0 Å². The maximum absolute atomic E-state index is 5.54. The van der Waals surface area contributed by atoms with Gasteiger partial charge in [0.2, 0.25) is 0 Å². The second-order valence-electron chi connectivity index (χ2n) is 1.37. The molecule has 7 heavy (non-hydrogen) atoms. The summed E-state index contributed by atoms with van der Waals surface area (Å²) in [6, 6.07) is 0. The van der Waals surface area contributed by atoms with E-state index in [1.54, 1.807) is 0 Å². The molecule has 0 aliphatic carbocycles. The van der Waals surface area contributed by atoms with Crippen molar-refractivity contribution >= 4 is 23.2 Å². The quantitative estimate of drug-likeness (QED) is 0.459.